The van der Waals surface area contributed by atoms with Crippen molar-refractivity contribution in [2.24, 2.45) is 0 Å². The number of urea groups is 1. The van der Waals surface area contributed by atoms with Crippen molar-refractivity contribution in [2.45, 2.75) is 13.5 Å². The van der Waals surface area contributed by atoms with Gasteiger partial charge in [-0.2, -0.15) is 0 Å². The molecule has 6 nitrogen and oxygen atoms in total. The van der Waals surface area contributed by atoms with Gasteiger partial charge in [0.1, 0.15) is 12.4 Å². The molecule has 150 valence electrons. The molecule has 0 bridgehead atoms. The Morgan fingerprint density at radius 1 is 1.18 bits per heavy atom. The van der Waals surface area contributed by atoms with E-state index in [0.717, 1.165) is 43.2 Å². The number of nitrogens with one attached hydrogen (secondary N) is 1. The van der Waals surface area contributed by atoms with E-state index in [4.69, 9.17) is 9.47 Å². The molecule has 0 unspecified atom stereocenters. The number of rotatable bonds is 7. The first kappa shape index (κ1) is 20.0. The topological polar surface area (TPSA) is 54.0 Å². The first-order valence-electron chi connectivity index (χ1n) is 9.72. The lowest BCUT2D eigenvalue weighted by molar-refractivity contribution is 0.122. The maximum Gasteiger partial charge on any atom is 0.317 e. The normalized spacial score (nSPS) is 13.9. The van der Waals surface area contributed by atoms with Crippen LogP contribution in [0.2, 0.25) is 0 Å². The Balaban J connectivity index is 1.39. The number of ether oxygens (including phenoxy) is 2. The lowest BCUT2D eigenvalue weighted by Gasteiger charge is -2.29. The SMILES string of the molecule is Cc1cccc(OCCNC(=O)N(C)Cc2ccc(N3CCOCC3)cc2)c1. The van der Waals surface area contributed by atoms with Crippen molar-refractivity contribution in [3.05, 3.63) is 59.7 Å². The Bertz CT molecular complexity index is 758. The first-order chi connectivity index (χ1) is 13.6. The van der Waals surface area contributed by atoms with Crippen LogP contribution in [-0.4, -0.2) is 57.4 Å². The highest BCUT2D eigenvalue weighted by molar-refractivity contribution is 5.73. The molecular formula is C22H29N3O3. The molecule has 1 saturated heterocycles. The monoisotopic (exact) mass is 383 g/mol. The van der Waals surface area contributed by atoms with Gasteiger partial charge in [0.05, 0.1) is 19.8 Å². The number of benzene rings is 2. The fourth-order valence-electron chi connectivity index (χ4n) is 3.15. The summed E-state index contributed by atoms with van der Waals surface area (Å²) in [5.74, 6) is 0.822. The highest BCUT2D eigenvalue weighted by Crippen LogP contribution is 2.17. The molecule has 1 heterocycles. The molecule has 1 aliphatic heterocycles. The molecule has 3 rings (SSSR count). The van der Waals surface area contributed by atoms with E-state index in [1.165, 1.54) is 5.69 Å². The van der Waals surface area contributed by atoms with E-state index < -0.39 is 0 Å². The van der Waals surface area contributed by atoms with Crippen molar-refractivity contribution in [1.82, 2.24) is 10.2 Å². The molecule has 2 amide bonds. The quantitative estimate of drug-likeness (QED) is 0.747. The lowest BCUT2D eigenvalue weighted by Crippen LogP contribution is -2.38. The van der Waals surface area contributed by atoms with Gasteiger partial charge >= 0.3 is 6.03 Å². The van der Waals surface area contributed by atoms with Gasteiger partial charge in [-0.25, -0.2) is 4.79 Å². The lowest BCUT2D eigenvalue weighted by atomic mass is 10.2. The molecule has 1 fully saturated rings. The second kappa shape index (κ2) is 9.99. The van der Waals surface area contributed by atoms with Gasteiger partial charge in [0.25, 0.3) is 0 Å². The molecule has 0 spiro atoms. The Morgan fingerprint density at radius 2 is 1.93 bits per heavy atom. The number of hydrogen-bond acceptors (Lipinski definition) is 4. The summed E-state index contributed by atoms with van der Waals surface area (Å²) < 4.78 is 11.1. The molecule has 0 radical (unpaired) electrons. The van der Waals surface area contributed by atoms with E-state index in [-0.39, 0.29) is 6.03 Å². The van der Waals surface area contributed by atoms with E-state index in [9.17, 15) is 4.79 Å². The molecule has 2 aromatic rings. The number of carbonyl (C=O) groups is 1. The Morgan fingerprint density at radius 3 is 2.64 bits per heavy atom. The van der Waals surface area contributed by atoms with Gasteiger partial charge in [-0.05, 0) is 42.3 Å². The van der Waals surface area contributed by atoms with Gasteiger partial charge in [0.15, 0.2) is 0 Å². The third-order valence-electron chi connectivity index (χ3n) is 4.72. The van der Waals surface area contributed by atoms with E-state index in [2.05, 4.69) is 34.5 Å². The zero-order chi connectivity index (χ0) is 19.8. The Labute approximate surface area is 167 Å². The van der Waals surface area contributed by atoms with Crippen LogP contribution < -0.4 is 15.0 Å². The second-order valence-electron chi connectivity index (χ2n) is 7.02. The Kier molecular flexibility index (Phi) is 7.14. The standard InChI is InChI=1S/C22H29N3O3/c1-18-4-3-5-21(16-18)28-13-10-23-22(26)24(2)17-19-6-8-20(9-7-19)25-11-14-27-15-12-25/h3-9,16H,10-15,17H2,1-2H3,(H,23,26). The van der Waals surface area contributed by atoms with Crippen LogP contribution in [0.3, 0.4) is 0 Å². The minimum atomic E-state index is -0.106. The van der Waals surface area contributed by atoms with Crippen LogP contribution in [0.4, 0.5) is 10.5 Å². The molecule has 28 heavy (non-hydrogen) atoms. The van der Waals surface area contributed by atoms with Crippen LogP contribution in [0.25, 0.3) is 0 Å². The van der Waals surface area contributed by atoms with E-state index in [1.807, 2.05) is 31.2 Å². The van der Waals surface area contributed by atoms with Crippen LogP contribution in [0.5, 0.6) is 5.75 Å². The van der Waals surface area contributed by atoms with E-state index in [0.29, 0.717) is 19.7 Å². The zero-order valence-corrected chi connectivity index (χ0v) is 16.7. The summed E-state index contributed by atoms with van der Waals surface area (Å²) in [6.45, 7) is 6.89. The van der Waals surface area contributed by atoms with Gasteiger partial charge in [-0.1, -0.05) is 24.3 Å². The minimum absolute atomic E-state index is 0.106. The first-order valence-corrected chi connectivity index (χ1v) is 9.72. The number of amides is 2. The fourth-order valence-corrected chi connectivity index (χ4v) is 3.15. The van der Waals surface area contributed by atoms with Crippen molar-refractivity contribution in [3.8, 4) is 5.75 Å². The maximum atomic E-state index is 12.3. The third-order valence-corrected chi connectivity index (χ3v) is 4.72. The molecule has 0 saturated carbocycles. The number of morpholine rings is 1. The van der Waals surface area contributed by atoms with Gasteiger partial charge in [0, 0.05) is 32.4 Å². The van der Waals surface area contributed by atoms with Crippen LogP contribution in [0.15, 0.2) is 48.5 Å². The van der Waals surface area contributed by atoms with Gasteiger partial charge < -0.3 is 24.6 Å². The highest BCUT2D eigenvalue weighted by atomic mass is 16.5. The summed E-state index contributed by atoms with van der Waals surface area (Å²) >= 11 is 0. The summed E-state index contributed by atoms with van der Waals surface area (Å²) in [5.41, 5.74) is 3.46. The molecular weight excluding hydrogens is 354 g/mol. The molecule has 6 heteroatoms. The van der Waals surface area contributed by atoms with Crippen LogP contribution in [0.1, 0.15) is 11.1 Å². The Hall–Kier alpha value is -2.73. The smallest absolute Gasteiger partial charge is 0.317 e. The number of carbonyl (C=O) groups excluding carboxylic acids is 1. The highest BCUT2D eigenvalue weighted by Gasteiger charge is 2.12. The van der Waals surface area contributed by atoms with Crippen LogP contribution in [0, 0.1) is 6.92 Å². The average molecular weight is 383 g/mol. The number of nitrogens with zero attached hydrogens (tertiary/aromatic N) is 2. The average Bonchev–Trinajstić information content (AvgIpc) is 2.72. The van der Waals surface area contributed by atoms with Gasteiger partial charge in [0.2, 0.25) is 0 Å². The van der Waals surface area contributed by atoms with E-state index in [1.54, 1.807) is 11.9 Å². The molecule has 0 atom stereocenters. The molecule has 2 aromatic carbocycles. The summed E-state index contributed by atoms with van der Waals surface area (Å²) in [7, 11) is 1.80. The van der Waals surface area contributed by atoms with Crippen molar-refractivity contribution >= 4 is 11.7 Å². The maximum absolute atomic E-state index is 12.3. The molecule has 1 aliphatic rings. The second-order valence-corrected chi connectivity index (χ2v) is 7.02. The molecule has 1 N–H and O–H groups in total. The van der Waals surface area contributed by atoms with E-state index >= 15 is 0 Å². The van der Waals surface area contributed by atoms with Crippen LogP contribution in [-0.2, 0) is 11.3 Å². The molecule has 0 aliphatic carbocycles. The number of aryl methyl sites for hydroxylation is 1. The fraction of sp³-hybridized carbons (Fsp3) is 0.409. The van der Waals surface area contributed by atoms with Crippen molar-refractivity contribution in [2.75, 3.05) is 51.4 Å². The molecule has 0 aromatic heterocycles. The van der Waals surface area contributed by atoms with Gasteiger partial charge in [-0.3, -0.25) is 0 Å². The minimum Gasteiger partial charge on any atom is -0.492 e. The van der Waals surface area contributed by atoms with Crippen molar-refractivity contribution in [3.63, 3.8) is 0 Å². The number of hydrogen-bond donors (Lipinski definition) is 1. The summed E-state index contributed by atoms with van der Waals surface area (Å²) in [5, 5.41) is 2.89. The number of anilines is 1. The summed E-state index contributed by atoms with van der Waals surface area (Å²) in [4.78, 5) is 16.3. The third kappa shape index (κ3) is 5.89. The zero-order valence-electron chi connectivity index (χ0n) is 16.7. The largest absolute Gasteiger partial charge is 0.492 e. The van der Waals surface area contributed by atoms with Gasteiger partial charge in [-0.15, -0.1) is 0 Å². The summed E-state index contributed by atoms with van der Waals surface area (Å²) in [6.07, 6.45) is 0. The predicted molar refractivity (Wildman–Crippen MR) is 111 cm³/mol. The predicted octanol–water partition coefficient (Wildman–Crippen LogP) is 3.05. The van der Waals surface area contributed by atoms with Crippen molar-refractivity contribution < 1.29 is 14.3 Å². The summed E-state index contributed by atoms with van der Waals surface area (Å²) in [6, 6.07) is 16.2. The van der Waals surface area contributed by atoms with Crippen LogP contribution >= 0.6 is 0 Å². The van der Waals surface area contributed by atoms with Crippen molar-refractivity contribution in [1.29, 1.82) is 0 Å².